The Kier molecular flexibility index (Phi) is 9.53. The Hall–Kier alpha value is -4.38. The summed E-state index contributed by atoms with van der Waals surface area (Å²) in [4.78, 5) is 21.9. The highest BCUT2D eigenvalue weighted by Gasteiger charge is 2.28. The molecule has 1 aliphatic heterocycles. The standard InChI is InChI=1S/C27H28N4O2.C7H8O3S/c1-30(2)17-19-16-21-9-4-6-13-24(21)31(18-19)26(32)15-14-25-28-27(29-33-25)23-12-7-10-20-8-3-5-11-22(20)23;1-6-2-4-7(5-3-6)11(8,9)10/h3-13,19H,14-18H2,1-2H3;2-5H,1H3,(H,8,9,10). The van der Waals surface area contributed by atoms with Crippen molar-refractivity contribution in [1.82, 2.24) is 15.0 Å². The van der Waals surface area contributed by atoms with Gasteiger partial charge in [0.1, 0.15) is 0 Å². The van der Waals surface area contributed by atoms with Gasteiger partial charge in [-0.1, -0.05) is 83.5 Å². The van der Waals surface area contributed by atoms with E-state index < -0.39 is 10.1 Å². The first-order valence-corrected chi connectivity index (χ1v) is 15.9. The number of hydrogen-bond donors (Lipinski definition) is 1. The zero-order valence-corrected chi connectivity index (χ0v) is 25.9. The smallest absolute Gasteiger partial charge is 0.294 e. The molecule has 9 nitrogen and oxygen atoms in total. The zero-order valence-electron chi connectivity index (χ0n) is 25.1. The molecular weight excluding hydrogens is 576 g/mol. The summed E-state index contributed by atoms with van der Waals surface area (Å²) in [5, 5.41) is 6.41. The van der Waals surface area contributed by atoms with Crippen molar-refractivity contribution in [3.05, 3.63) is 108 Å². The second-order valence-electron chi connectivity index (χ2n) is 11.3. The normalized spacial score (nSPS) is 14.7. The summed E-state index contributed by atoms with van der Waals surface area (Å²) in [6.07, 6.45) is 1.75. The fraction of sp³-hybridized carbons (Fsp3) is 0.265. The van der Waals surface area contributed by atoms with Gasteiger partial charge >= 0.3 is 0 Å². The number of carbonyl (C=O) groups excluding carboxylic acids is 1. The molecule has 1 atom stereocenters. The Bertz CT molecular complexity index is 1850. The second kappa shape index (κ2) is 13.5. The number of hydrogen-bond acceptors (Lipinski definition) is 7. The van der Waals surface area contributed by atoms with E-state index in [2.05, 4.69) is 53.4 Å². The molecule has 1 unspecified atom stereocenters. The lowest BCUT2D eigenvalue weighted by Gasteiger charge is -2.35. The van der Waals surface area contributed by atoms with E-state index in [0.717, 1.165) is 47.1 Å². The first kappa shape index (κ1) is 31.1. The number of carbonyl (C=O) groups is 1. The maximum Gasteiger partial charge on any atom is 0.294 e. The van der Waals surface area contributed by atoms with Crippen molar-refractivity contribution in [2.24, 2.45) is 5.92 Å². The van der Waals surface area contributed by atoms with E-state index in [9.17, 15) is 13.2 Å². The Labute approximate surface area is 257 Å². The van der Waals surface area contributed by atoms with Crippen molar-refractivity contribution in [3.8, 4) is 11.4 Å². The SMILES string of the molecule is CN(C)CC1Cc2ccccc2N(C(=O)CCc2nc(-c3cccc4ccccc34)no2)C1.Cc1ccc(S(=O)(=O)O)cc1. The molecular formula is C34H36N4O5S. The minimum atomic E-state index is -4.02. The van der Waals surface area contributed by atoms with E-state index in [1.165, 1.54) is 17.7 Å². The molecule has 1 N–H and O–H groups in total. The molecule has 0 fully saturated rings. The Morgan fingerprint density at radius 3 is 2.43 bits per heavy atom. The van der Waals surface area contributed by atoms with Crippen LogP contribution in [0.1, 0.15) is 23.4 Å². The molecule has 1 amide bonds. The third-order valence-corrected chi connectivity index (χ3v) is 8.39. The van der Waals surface area contributed by atoms with Gasteiger partial charge < -0.3 is 14.3 Å². The first-order valence-electron chi connectivity index (χ1n) is 14.5. The highest BCUT2D eigenvalue weighted by atomic mass is 32.2. The third-order valence-electron chi connectivity index (χ3n) is 7.53. The molecule has 228 valence electrons. The van der Waals surface area contributed by atoms with E-state index in [4.69, 9.17) is 9.08 Å². The van der Waals surface area contributed by atoms with E-state index in [-0.39, 0.29) is 10.8 Å². The van der Waals surface area contributed by atoms with Gasteiger partial charge in [-0.25, -0.2) is 0 Å². The van der Waals surface area contributed by atoms with Crippen molar-refractivity contribution in [3.63, 3.8) is 0 Å². The summed E-state index contributed by atoms with van der Waals surface area (Å²) in [6, 6.07) is 28.4. The Morgan fingerprint density at radius 2 is 1.68 bits per heavy atom. The van der Waals surface area contributed by atoms with E-state index in [1.54, 1.807) is 12.1 Å². The maximum atomic E-state index is 13.2. The molecule has 1 aliphatic rings. The number of rotatable bonds is 7. The maximum absolute atomic E-state index is 13.2. The van der Waals surface area contributed by atoms with Crippen LogP contribution in [-0.4, -0.2) is 61.1 Å². The van der Waals surface area contributed by atoms with Crippen LogP contribution in [0.15, 0.2) is 100 Å². The van der Waals surface area contributed by atoms with Gasteiger partial charge in [-0.05, 0) is 67.9 Å². The molecule has 1 aromatic heterocycles. The molecule has 44 heavy (non-hydrogen) atoms. The van der Waals surface area contributed by atoms with Crippen molar-refractivity contribution in [1.29, 1.82) is 0 Å². The summed E-state index contributed by atoms with van der Waals surface area (Å²) in [5.74, 6) is 1.56. The molecule has 6 rings (SSSR count). The number of benzene rings is 4. The number of amides is 1. The summed E-state index contributed by atoms with van der Waals surface area (Å²) in [7, 11) is 0.139. The van der Waals surface area contributed by atoms with E-state index in [1.807, 2.05) is 54.3 Å². The first-order chi connectivity index (χ1) is 21.1. The van der Waals surface area contributed by atoms with Gasteiger partial charge in [0.15, 0.2) is 0 Å². The molecule has 0 radical (unpaired) electrons. The predicted molar refractivity (Wildman–Crippen MR) is 171 cm³/mol. The fourth-order valence-corrected chi connectivity index (χ4v) is 5.98. The van der Waals surface area contributed by atoms with Crippen molar-refractivity contribution in [2.45, 2.75) is 31.1 Å². The number of aryl methyl sites for hydroxylation is 2. The van der Waals surface area contributed by atoms with Crippen LogP contribution >= 0.6 is 0 Å². The lowest BCUT2D eigenvalue weighted by atomic mass is 9.91. The molecule has 0 saturated heterocycles. The van der Waals surface area contributed by atoms with Crippen LogP contribution in [0.4, 0.5) is 5.69 Å². The van der Waals surface area contributed by atoms with Crippen molar-refractivity contribution >= 4 is 32.5 Å². The average molecular weight is 613 g/mol. The summed E-state index contributed by atoms with van der Waals surface area (Å²) in [5.41, 5.74) is 4.16. The highest BCUT2D eigenvalue weighted by molar-refractivity contribution is 7.85. The van der Waals surface area contributed by atoms with E-state index >= 15 is 0 Å². The number of para-hydroxylation sites is 1. The van der Waals surface area contributed by atoms with Gasteiger partial charge in [-0.3, -0.25) is 9.35 Å². The van der Waals surface area contributed by atoms with Crippen LogP contribution in [0.5, 0.6) is 0 Å². The number of anilines is 1. The van der Waals surface area contributed by atoms with Crippen LogP contribution < -0.4 is 4.90 Å². The Balaban J connectivity index is 0.000000296. The van der Waals surface area contributed by atoms with Gasteiger partial charge in [0.2, 0.25) is 17.6 Å². The molecule has 5 aromatic rings. The van der Waals surface area contributed by atoms with Crippen molar-refractivity contribution in [2.75, 3.05) is 32.1 Å². The van der Waals surface area contributed by atoms with Crippen LogP contribution in [0.3, 0.4) is 0 Å². The third kappa shape index (κ3) is 7.57. The molecule has 0 spiro atoms. The van der Waals surface area contributed by atoms with Crippen LogP contribution in [0, 0.1) is 12.8 Å². The fourth-order valence-electron chi connectivity index (χ4n) is 5.50. The summed E-state index contributed by atoms with van der Waals surface area (Å²) in [6.45, 7) is 3.53. The lowest BCUT2D eigenvalue weighted by Crippen LogP contribution is -2.43. The molecule has 2 heterocycles. The van der Waals surface area contributed by atoms with Gasteiger partial charge in [-0.2, -0.15) is 13.4 Å². The number of fused-ring (bicyclic) bond motifs is 2. The summed E-state index contributed by atoms with van der Waals surface area (Å²) >= 11 is 0. The van der Waals surface area contributed by atoms with Crippen molar-refractivity contribution < 1.29 is 22.3 Å². The molecule has 0 bridgehead atoms. The molecule has 0 aliphatic carbocycles. The minimum absolute atomic E-state index is 0.0666. The summed E-state index contributed by atoms with van der Waals surface area (Å²) < 4.78 is 35.1. The second-order valence-corrected chi connectivity index (χ2v) is 12.7. The average Bonchev–Trinajstić information content (AvgIpc) is 3.48. The van der Waals surface area contributed by atoms with Gasteiger partial charge in [-0.15, -0.1) is 0 Å². The minimum Gasteiger partial charge on any atom is -0.339 e. The Morgan fingerprint density at radius 1 is 0.977 bits per heavy atom. The number of nitrogens with zero attached hydrogens (tertiary/aromatic N) is 4. The van der Waals surface area contributed by atoms with Gasteiger partial charge in [0, 0.05) is 37.2 Å². The quantitative estimate of drug-likeness (QED) is 0.228. The van der Waals surface area contributed by atoms with E-state index in [0.29, 0.717) is 30.5 Å². The van der Waals surface area contributed by atoms with Crippen LogP contribution in [0.2, 0.25) is 0 Å². The molecule has 0 saturated carbocycles. The molecule has 10 heteroatoms. The van der Waals surface area contributed by atoms with Crippen LogP contribution in [0.25, 0.3) is 22.2 Å². The lowest BCUT2D eigenvalue weighted by molar-refractivity contribution is -0.118. The van der Waals surface area contributed by atoms with Gasteiger partial charge in [0.05, 0.1) is 4.90 Å². The van der Waals surface area contributed by atoms with Crippen LogP contribution in [-0.2, 0) is 27.8 Å². The topological polar surface area (TPSA) is 117 Å². The predicted octanol–water partition coefficient (Wildman–Crippen LogP) is 5.83. The zero-order chi connectivity index (χ0) is 31.3. The largest absolute Gasteiger partial charge is 0.339 e. The number of aromatic nitrogens is 2. The van der Waals surface area contributed by atoms with Gasteiger partial charge in [0.25, 0.3) is 10.1 Å². The highest BCUT2D eigenvalue weighted by Crippen LogP contribution is 2.31. The monoisotopic (exact) mass is 612 g/mol. The molecule has 4 aromatic carbocycles.